The van der Waals surface area contributed by atoms with Gasteiger partial charge in [-0.1, -0.05) is 30.4 Å². The third-order valence-electron chi connectivity index (χ3n) is 7.58. The molecule has 6 aromatic rings. The van der Waals surface area contributed by atoms with Crippen LogP contribution in [0.15, 0.2) is 185 Å². The van der Waals surface area contributed by atoms with Crippen LogP contribution < -0.4 is 4.74 Å². The van der Waals surface area contributed by atoms with Gasteiger partial charge in [0.25, 0.3) is 16.6 Å². The highest BCUT2D eigenvalue weighted by Gasteiger charge is 2.15. The molecule has 0 saturated carbocycles. The van der Waals surface area contributed by atoms with Gasteiger partial charge >= 0.3 is 5.97 Å². The van der Waals surface area contributed by atoms with Gasteiger partial charge in [-0.05, 0) is 132 Å². The summed E-state index contributed by atoms with van der Waals surface area (Å²) in [6, 6.07) is 37.5. The lowest BCUT2D eigenvalue weighted by atomic mass is 10.1. The van der Waals surface area contributed by atoms with Gasteiger partial charge in [0.1, 0.15) is 10.6 Å². The number of carbonyl (C=O) groups is 2. The highest BCUT2D eigenvalue weighted by atomic mass is 32.2. The Hall–Kier alpha value is -7.69. The molecule has 0 atom stereocenters. The molecule has 276 valence electrons. The molecular formula is C40H28N8O7S. The van der Waals surface area contributed by atoms with Crippen molar-refractivity contribution in [3.8, 4) is 5.75 Å². The van der Waals surface area contributed by atoms with Gasteiger partial charge in [0.15, 0.2) is 0 Å². The van der Waals surface area contributed by atoms with Crippen molar-refractivity contribution >= 4 is 80.2 Å². The lowest BCUT2D eigenvalue weighted by molar-refractivity contribution is -0.120. The molecule has 0 saturated heterocycles. The number of carboxylic acid groups (broad SMARTS) is 1. The smallest absolute Gasteiger partial charge is 0.335 e. The van der Waals surface area contributed by atoms with Gasteiger partial charge in [0, 0.05) is 0 Å². The van der Waals surface area contributed by atoms with E-state index in [1.807, 2.05) is 0 Å². The van der Waals surface area contributed by atoms with E-state index < -0.39 is 16.1 Å². The molecule has 16 heteroatoms. The average Bonchev–Trinajstić information content (AvgIpc) is 3.21. The second-order valence-corrected chi connectivity index (χ2v) is 12.9. The zero-order chi connectivity index (χ0) is 39.3. The van der Waals surface area contributed by atoms with E-state index in [2.05, 4.69) is 40.9 Å². The molecule has 0 aromatic heterocycles. The molecule has 0 heterocycles. The monoisotopic (exact) mass is 764 g/mol. The lowest BCUT2D eigenvalue weighted by Crippen LogP contribution is -2.00. The summed E-state index contributed by atoms with van der Waals surface area (Å²) < 4.78 is 39.3. The SMILES string of the molecule is O=COc1ccc(N=Nc2ccc(N=Nc3ccc(C=Cc4ccc(N=Nc5ccc(N=Nc6ccc(C(=O)O)cc6)cc5)cc4)c(S(=O)(=O)O)c3)cc2)cc1. The lowest BCUT2D eigenvalue weighted by Gasteiger charge is -2.04. The minimum Gasteiger partial charge on any atom is -0.478 e. The molecule has 0 unspecified atom stereocenters. The van der Waals surface area contributed by atoms with Gasteiger partial charge in [0.2, 0.25) is 0 Å². The number of nitrogens with zero attached hydrogens (tertiary/aromatic N) is 8. The Balaban J connectivity index is 1.05. The Labute approximate surface area is 319 Å². The zero-order valence-electron chi connectivity index (χ0n) is 28.9. The van der Waals surface area contributed by atoms with Gasteiger partial charge < -0.3 is 9.84 Å². The number of aromatic carboxylic acids is 1. The van der Waals surface area contributed by atoms with Crippen molar-refractivity contribution in [3.05, 3.63) is 156 Å². The van der Waals surface area contributed by atoms with E-state index in [1.165, 1.54) is 24.3 Å². The Bertz CT molecular complexity index is 2590. The first-order chi connectivity index (χ1) is 27.1. The van der Waals surface area contributed by atoms with Crippen molar-refractivity contribution in [2.75, 3.05) is 0 Å². The Morgan fingerprint density at radius 1 is 0.500 bits per heavy atom. The van der Waals surface area contributed by atoms with Crippen LogP contribution in [0, 0.1) is 0 Å². The van der Waals surface area contributed by atoms with Crippen LogP contribution in [0.1, 0.15) is 21.5 Å². The van der Waals surface area contributed by atoms with E-state index >= 15 is 0 Å². The van der Waals surface area contributed by atoms with Crippen LogP contribution >= 0.6 is 0 Å². The number of carboxylic acids is 1. The molecule has 0 aliphatic heterocycles. The number of azo groups is 4. The third-order valence-corrected chi connectivity index (χ3v) is 8.49. The maximum absolute atomic E-state index is 12.3. The number of carbonyl (C=O) groups excluding carboxylic acids is 1. The highest BCUT2D eigenvalue weighted by Crippen LogP contribution is 2.29. The van der Waals surface area contributed by atoms with E-state index in [-0.39, 0.29) is 21.7 Å². The largest absolute Gasteiger partial charge is 0.478 e. The predicted molar refractivity (Wildman–Crippen MR) is 208 cm³/mol. The fourth-order valence-electron chi connectivity index (χ4n) is 4.74. The molecule has 0 fully saturated rings. The second kappa shape index (κ2) is 17.9. The Morgan fingerprint density at radius 3 is 1.25 bits per heavy atom. The Morgan fingerprint density at radius 2 is 0.857 bits per heavy atom. The average molecular weight is 765 g/mol. The molecule has 0 spiro atoms. The summed E-state index contributed by atoms with van der Waals surface area (Å²) in [6.45, 7) is 0.341. The van der Waals surface area contributed by atoms with E-state index in [0.717, 1.165) is 5.56 Å². The molecule has 0 aliphatic carbocycles. The van der Waals surface area contributed by atoms with Crippen LogP contribution in [0.2, 0.25) is 0 Å². The number of rotatable bonds is 14. The minimum absolute atomic E-state index is 0.166. The van der Waals surface area contributed by atoms with Gasteiger partial charge in [-0.25, -0.2) is 4.79 Å². The normalized spacial score (nSPS) is 12.0. The van der Waals surface area contributed by atoms with Crippen LogP contribution in [-0.2, 0) is 14.9 Å². The molecule has 6 rings (SSSR count). The van der Waals surface area contributed by atoms with Crippen molar-refractivity contribution in [1.82, 2.24) is 0 Å². The van der Waals surface area contributed by atoms with E-state index in [0.29, 0.717) is 52.0 Å². The summed E-state index contributed by atoms with van der Waals surface area (Å²) >= 11 is 0. The summed E-state index contributed by atoms with van der Waals surface area (Å²) in [7, 11) is -4.60. The number of ether oxygens (including phenoxy) is 1. The van der Waals surface area contributed by atoms with Crippen molar-refractivity contribution in [2.45, 2.75) is 4.90 Å². The quantitative estimate of drug-likeness (QED) is 0.0472. The van der Waals surface area contributed by atoms with Gasteiger partial charge in [-0.2, -0.15) is 49.3 Å². The summed E-state index contributed by atoms with van der Waals surface area (Å²) in [5.74, 6) is -0.624. The zero-order valence-corrected chi connectivity index (χ0v) is 29.7. The predicted octanol–water partition coefficient (Wildman–Crippen LogP) is 12.0. The Kier molecular flexibility index (Phi) is 12.2. The highest BCUT2D eigenvalue weighted by molar-refractivity contribution is 7.86. The van der Waals surface area contributed by atoms with Gasteiger partial charge in [0.05, 0.1) is 51.1 Å². The molecule has 0 bridgehead atoms. The molecule has 0 aliphatic rings. The second-order valence-electron chi connectivity index (χ2n) is 11.5. The minimum atomic E-state index is -4.60. The van der Waals surface area contributed by atoms with Crippen LogP contribution in [-0.4, -0.2) is 30.5 Å². The van der Waals surface area contributed by atoms with Crippen molar-refractivity contribution in [1.29, 1.82) is 0 Å². The molecule has 0 radical (unpaired) electrons. The van der Waals surface area contributed by atoms with Crippen LogP contribution in [0.25, 0.3) is 12.2 Å². The number of hydrogen-bond acceptors (Lipinski definition) is 13. The first-order valence-corrected chi connectivity index (χ1v) is 17.9. The summed E-state index contributed by atoms with van der Waals surface area (Å²) in [5, 5.41) is 42.3. The fourth-order valence-corrected chi connectivity index (χ4v) is 5.44. The number of benzene rings is 6. The maximum atomic E-state index is 12.3. The van der Waals surface area contributed by atoms with Crippen LogP contribution in [0.3, 0.4) is 0 Å². The molecular weight excluding hydrogens is 737 g/mol. The van der Waals surface area contributed by atoms with Crippen molar-refractivity contribution in [3.63, 3.8) is 0 Å². The van der Waals surface area contributed by atoms with E-state index in [9.17, 15) is 22.6 Å². The molecule has 0 amide bonds. The molecule has 15 nitrogen and oxygen atoms in total. The fraction of sp³-hybridized carbons (Fsp3) is 0. The third kappa shape index (κ3) is 10.9. The van der Waals surface area contributed by atoms with E-state index in [1.54, 1.807) is 127 Å². The maximum Gasteiger partial charge on any atom is 0.335 e. The van der Waals surface area contributed by atoms with Crippen LogP contribution in [0.5, 0.6) is 5.75 Å². The summed E-state index contributed by atoms with van der Waals surface area (Å²) in [6.07, 6.45) is 3.25. The summed E-state index contributed by atoms with van der Waals surface area (Å²) in [5.41, 5.74) is 5.21. The summed E-state index contributed by atoms with van der Waals surface area (Å²) in [4.78, 5) is 21.1. The first kappa shape index (κ1) is 38.0. The van der Waals surface area contributed by atoms with Crippen molar-refractivity contribution < 1.29 is 32.4 Å². The molecule has 6 aromatic carbocycles. The van der Waals surface area contributed by atoms with Crippen molar-refractivity contribution in [2.24, 2.45) is 40.9 Å². The standard InChI is InChI=1S/C40H28N8O7S/c49-26-55-38-23-21-36(22-24-38)46-45-34-17-19-35(20-18-34)47-48-37-12-5-28(39(25-37)56(52,53)54)4-1-27-2-8-30(9-3-27)41-43-32-13-15-33(16-14-32)44-42-31-10-6-29(7-11-31)40(50)51/h1-26H,(H,50,51)(H,52,53,54). The first-order valence-electron chi connectivity index (χ1n) is 16.4. The van der Waals surface area contributed by atoms with Gasteiger partial charge in [-0.15, -0.1) is 0 Å². The molecule has 2 N–H and O–H groups in total. The van der Waals surface area contributed by atoms with Gasteiger partial charge in [-0.3, -0.25) is 9.35 Å². The number of hydrogen-bond donors (Lipinski definition) is 2. The van der Waals surface area contributed by atoms with Crippen LogP contribution in [0.4, 0.5) is 45.5 Å². The van der Waals surface area contributed by atoms with E-state index in [4.69, 9.17) is 9.84 Å². The molecule has 56 heavy (non-hydrogen) atoms. The topological polar surface area (TPSA) is 217 Å².